The van der Waals surface area contributed by atoms with Crippen molar-refractivity contribution < 1.29 is 14.7 Å². The summed E-state index contributed by atoms with van der Waals surface area (Å²) in [5, 5.41) is 14.4. The van der Waals surface area contributed by atoms with Crippen molar-refractivity contribution in [3.05, 3.63) is 0 Å². The molecule has 0 aromatic carbocycles. The van der Waals surface area contributed by atoms with Gasteiger partial charge in [-0.15, -0.1) is 0 Å². The second kappa shape index (κ2) is 6.58. The van der Waals surface area contributed by atoms with Gasteiger partial charge in [-0.2, -0.15) is 0 Å². The van der Waals surface area contributed by atoms with E-state index in [0.29, 0.717) is 13.0 Å². The van der Waals surface area contributed by atoms with Crippen molar-refractivity contribution >= 4 is 11.7 Å². The molecule has 104 valence electrons. The molecular weight excluding hydrogens is 234 g/mol. The molecule has 0 aliphatic carbocycles. The Labute approximate surface area is 108 Å². The molecule has 18 heavy (non-hydrogen) atoms. The summed E-state index contributed by atoms with van der Waals surface area (Å²) in [6.07, 6.45) is 2.39. The van der Waals surface area contributed by atoms with Gasteiger partial charge in [-0.1, -0.05) is 19.0 Å². The van der Waals surface area contributed by atoms with Crippen LogP contribution in [0.4, 0.5) is 0 Å². The molecule has 0 aromatic heterocycles. The minimum Gasteiger partial charge on any atom is -0.409 e. The number of amides is 1. The molecule has 1 heterocycles. The van der Waals surface area contributed by atoms with Crippen LogP contribution in [0.2, 0.25) is 0 Å². The van der Waals surface area contributed by atoms with E-state index < -0.39 is 5.92 Å². The zero-order chi connectivity index (χ0) is 13.6. The summed E-state index contributed by atoms with van der Waals surface area (Å²) in [6, 6.07) is 0. The lowest BCUT2D eigenvalue weighted by Crippen LogP contribution is -2.44. The maximum absolute atomic E-state index is 11.9. The minimum absolute atomic E-state index is 0.0351. The van der Waals surface area contributed by atoms with Crippen molar-refractivity contribution in [3.8, 4) is 0 Å². The van der Waals surface area contributed by atoms with E-state index in [1.165, 1.54) is 0 Å². The third-order valence-electron chi connectivity index (χ3n) is 3.59. The van der Waals surface area contributed by atoms with Crippen molar-refractivity contribution in [1.82, 2.24) is 5.32 Å². The average molecular weight is 257 g/mol. The van der Waals surface area contributed by atoms with Gasteiger partial charge in [0.25, 0.3) is 0 Å². The molecule has 1 rings (SSSR count). The molecule has 0 bridgehead atoms. The molecule has 4 N–H and O–H groups in total. The van der Waals surface area contributed by atoms with Crippen molar-refractivity contribution in [1.29, 1.82) is 0 Å². The molecule has 1 aliphatic heterocycles. The smallest absolute Gasteiger partial charge is 0.230 e. The second-order valence-corrected chi connectivity index (χ2v) is 5.13. The number of nitrogens with zero attached hydrogens (tertiary/aromatic N) is 1. The van der Waals surface area contributed by atoms with Gasteiger partial charge in [0.1, 0.15) is 0 Å². The molecule has 0 spiro atoms. The first-order valence-electron chi connectivity index (χ1n) is 6.35. The Morgan fingerprint density at radius 2 is 2.17 bits per heavy atom. The Hall–Kier alpha value is -1.30. The Kier molecular flexibility index (Phi) is 5.40. The summed E-state index contributed by atoms with van der Waals surface area (Å²) in [5.74, 6) is -0.772. The lowest BCUT2D eigenvalue weighted by Gasteiger charge is -2.34. The van der Waals surface area contributed by atoms with E-state index in [2.05, 4.69) is 17.4 Å². The summed E-state index contributed by atoms with van der Waals surface area (Å²) < 4.78 is 5.31. The molecule has 6 nitrogen and oxygen atoms in total. The molecule has 0 aromatic rings. The Balaban J connectivity index is 2.49. The van der Waals surface area contributed by atoms with Gasteiger partial charge in [0.15, 0.2) is 5.84 Å². The number of nitrogens with two attached hydrogens (primary N) is 1. The quantitative estimate of drug-likeness (QED) is 0.292. The number of rotatable bonds is 5. The molecule has 1 fully saturated rings. The summed E-state index contributed by atoms with van der Waals surface area (Å²) in [4.78, 5) is 11.9. The summed E-state index contributed by atoms with van der Waals surface area (Å²) in [7, 11) is 0. The number of nitrogens with one attached hydrogen (secondary N) is 1. The van der Waals surface area contributed by atoms with Crippen molar-refractivity contribution in [2.45, 2.75) is 33.1 Å². The zero-order valence-electron chi connectivity index (χ0n) is 11.1. The van der Waals surface area contributed by atoms with Crippen LogP contribution in [0.3, 0.4) is 0 Å². The van der Waals surface area contributed by atoms with Crippen LogP contribution < -0.4 is 11.1 Å². The van der Waals surface area contributed by atoms with Crippen molar-refractivity contribution in [2.75, 3.05) is 19.8 Å². The van der Waals surface area contributed by atoms with Crippen molar-refractivity contribution in [3.63, 3.8) is 0 Å². The third-order valence-corrected chi connectivity index (χ3v) is 3.59. The first-order chi connectivity index (χ1) is 8.52. The van der Waals surface area contributed by atoms with Crippen LogP contribution in [0.15, 0.2) is 5.16 Å². The lowest BCUT2D eigenvalue weighted by atomic mass is 9.82. The number of hydrogen-bond acceptors (Lipinski definition) is 4. The fourth-order valence-electron chi connectivity index (χ4n) is 2.06. The number of ether oxygens (including phenoxy) is 1. The van der Waals surface area contributed by atoms with E-state index in [-0.39, 0.29) is 17.2 Å². The fraction of sp³-hybridized carbons (Fsp3) is 0.833. The number of hydrogen-bond donors (Lipinski definition) is 3. The van der Waals surface area contributed by atoms with Crippen LogP contribution in [-0.4, -0.2) is 36.7 Å². The van der Waals surface area contributed by atoms with Gasteiger partial charge >= 0.3 is 0 Å². The van der Waals surface area contributed by atoms with Gasteiger partial charge in [0, 0.05) is 19.8 Å². The molecule has 1 unspecified atom stereocenters. The number of amidine groups is 1. The maximum atomic E-state index is 11.9. The number of oxime groups is 1. The first-order valence-corrected chi connectivity index (χ1v) is 6.35. The van der Waals surface area contributed by atoms with Gasteiger partial charge < -0.3 is 21.0 Å². The van der Waals surface area contributed by atoms with E-state index in [1.807, 2.05) is 6.92 Å². The summed E-state index contributed by atoms with van der Waals surface area (Å²) in [5.41, 5.74) is 5.57. The highest BCUT2D eigenvalue weighted by Gasteiger charge is 2.29. The maximum Gasteiger partial charge on any atom is 0.230 e. The van der Waals surface area contributed by atoms with Crippen LogP contribution in [0.5, 0.6) is 0 Å². The predicted molar refractivity (Wildman–Crippen MR) is 68.4 cm³/mol. The molecule has 0 radical (unpaired) electrons. The normalized spacial score (nSPS) is 21.3. The Morgan fingerprint density at radius 3 is 2.67 bits per heavy atom. The topological polar surface area (TPSA) is 96.9 Å². The average Bonchev–Trinajstić information content (AvgIpc) is 2.38. The van der Waals surface area contributed by atoms with Crippen LogP contribution in [0.25, 0.3) is 0 Å². The monoisotopic (exact) mass is 257 g/mol. The third kappa shape index (κ3) is 3.87. The minimum atomic E-state index is -0.557. The molecule has 1 aliphatic rings. The van der Waals surface area contributed by atoms with Gasteiger partial charge in [0.05, 0.1) is 5.92 Å². The molecule has 1 atom stereocenters. The van der Waals surface area contributed by atoms with Gasteiger partial charge in [-0.3, -0.25) is 4.79 Å². The second-order valence-electron chi connectivity index (χ2n) is 5.13. The molecular formula is C12H23N3O3. The standard InChI is InChI=1S/C12H23N3O3/c1-3-9(10(13)15-17)11(16)14-8-12(2)4-6-18-7-5-12/h9,17H,3-8H2,1-2H3,(H2,13,15)(H,14,16). The Bertz CT molecular complexity index is 312. The van der Waals surface area contributed by atoms with E-state index >= 15 is 0 Å². The van der Waals surface area contributed by atoms with Crippen LogP contribution in [0, 0.1) is 11.3 Å². The number of carbonyl (C=O) groups is 1. The molecule has 0 saturated carbocycles. The van der Waals surface area contributed by atoms with Crippen LogP contribution in [0.1, 0.15) is 33.1 Å². The highest BCUT2D eigenvalue weighted by Crippen LogP contribution is 2.28. The summed E-state index contributed by atoms with van der Waals surface area (Å²) in [6.45, 7) is 6.05. The van der Waals surface area contributed by atoms with E-state index in [4.69, 9.17) is 15.7 Å². The van der Waals surface area contributed by atoms with E-state index in [9.17, 15) is 4.79 Å². The SMILES string of the molecule is CCC(C(=O)NCC1(C)CCOCC1)C(N)=NO. The summed E-state index contributed by atoms with van der Waals surface area (Å²) >= 11 is 0. The molecule has 6 heteroatoms. The molecule has 1 saturated heterocycles. The van der Waals surface area contributed by atoms with Crippen molar-refractivity contribution in [2.24, 2.45) is 22.2 Å². The predicted octanol–water partition coefficient (Wildman–Crippen LogP) is 0.692. The number of carbonyl (C=O) groups excluding carboxylic acids is 1. The first kappa shape index (κ1) is 14.8. The van der Waals surface area contributed by atoms with Crippen LogP contribution in [-0.2, 0) is 9.53 Å². The van der Waals surface area contributed by atoms with E-state index in [0.717, 1.165) is 26.1 Å². The molecule has 1 amide bonds. The van der Waals surface area contributed by atoms with Gasteiger partial charge in [-0.25, -0.2) is 0 Å². The zero-order valence-corrected chi connectivity index (χ0v) is 11.1. The Morgan fingerprint density at radius 1 is 1.56 bits per heavy atom. The van der Waals surface area contributed by atoms with E-state index in [1.54, 1.807) is 0 Å². The van der Waals surface area contributed by atoms with Gasteiger partial charge in [0.2, 0.25) is 5.91 Å². The highest BCUT2D eigenvalue weighted by molar-refractivity contribution is 6.01. The lowest BCUT2D eigenvalue weighted by molar-refractivity contribution is -0.124. The van der Waals surface area contributed by atoms with Crippen LogP contribution >= 0.6 is 0 Å². The highest BCUT2D eigenvalue weighted by atomic mass is 16.5. The largest absolute Gasteiger partial charge is 0.409 e. The van der Waals surface area contributed by atoms with Gasteiger partial charge in [-0.05, 0) is 24.7 Å². The fourth-order valence-corrected chi connectivity index (χ4v) is 2.06.